The van der Waals surface area contributed by atoms with Crippen molar-refractivity contribution in [3.05, 3.63) is 33.8 Å². The molecule has 3 unspecified atom stereocenters. The second-order valence-electron chi connectivity index (χ2n) is 4.13. The molecule has 5 nitrogen and oxygen atoms in total. The van der Waals surface area contributed by atoms with E-state index in [2.05, 4.69) is 10.0 Å². The highest BCUT2D eigenvalue weighted by molar-refractivity contribution is 7.77. The Morgan fingerprint density at radius 3 is 2.89 bits per heavy atom. The summed E-state index contributed by atoms with van der Waals surface area (Å²) in [6, 6.07) is 4.76. The van der Waals surface area contributed by atoms with Crippen LogP contribution in [0.15, 0.2) is 18.2 Å². The van der Waals surface area contributed by atoms with Crippen molar-refractivity contribution in [3.63, 3.8) is 0 Å². The molecule has 2 rings (SSSR count). The van der Waals surface area contributed by atoms with Gasteiger partial charge >= 0.3 is 0 Å². The Kier molecular flexibility index (Phi) is 5.58. The Morgan fingerprint density at radius 2 is 2.21 bits per heavy atom. The number of rotatable bonds is 3. The van der Waals surface area contributed by atoms with Crippen molar-refractivity contribution in [3.8, 4) is 0 Å². The molecule has 0 amide bonds. The molecule has 0 radical (unpaired) electrons. The van der Waals surface area contributed by atoms with Crippen molar-refractivity contribution in [2.45, 2.75) is 12.1 Å². The Hall–Kier alpha value is -0.210. The van der Waals surface area contributed by atoms with E-state index in [-0.39, 0.29) is 0 Å². The first-order chi connectivity index (χ1) is 9.08. The normalized spacial score (nSPS) is 25.8. The third-order valence-electron chi connectivity index (χ3n) is 2.83. The predicted octanol–water partition coefficient (Wildman–Crippen LogP) is 1.41. The monoisotopic (exact) mass is 323 g/mol. The summed E-state index contributed by atoms with van der Waals surface area (Å²) >= 11 is 9.50. The van der Waals surface area contributed by atoms with E-state index in [1.165, 1.54) is 0 Å². The molecule has 1 fully saturated rings. The standard InChI is InChI=1S/C11H14Cl2N2O3S/c12-8-2-1-7(5-9(8)13)11-10(15-19(16)17)6-14-3-4-18-11/h1-2,5,10-11,14-15H,3-4,6H2,(H,16,17)/p-1. The Labute approximate surface area is 124 Å². The van der Waals surface area contributed by atoms with Gasteiger partial charge < -0.3 is 14.6 Å². The molecular formula is C11H13Cl2N2O3S-. The Morgan fingerprint density at radius 1 is 1.42 bits per heavy atom. The zero-order valence-electron chi connectivity index (χ0n) is 9.90. The van der Waals surface area contributed by atoms with E-state index in [0.717, 1.165) is 5.56 Å². The Balaban J connectivity index is 2.25. The van der Waals surface area contributed by atoms with E-state index in [9.17, 15) is 8.76 Å². The fourth-order valence-electron chi connectivity index (χ4n) is 1.98. The summed E-state index contributed by atoms with van der Waals surface area (Å²) in [5.41, 5.74) is 0.793. The highest BCUT2D eigenvalue weighted by atomic mass is 35.5. The lowest BCUT2D eigenvalue weighted by Crippen LogP contribution is -2.42. The van der Waals surface area contributed by atoms with Gasteiger partial charge in [-0.05, 0) is 17.7 Å². The fourth-order valence-corrected chi connectivity index (χ4v) is 2.74. The maximum Gasteiger partial charge on any atom is 0.100 e. The van der Waals surface area contributed by atoms with E-state index in [4.69, 9.17) is 27.9 Å². The van der Waals surface area contributed by atoms with E-state index in [0.29, 0.717) is 29.7 Å². The van der Waals surface area contributed by atoms with Gasteiger partial charge in [-0.15, -0.1) is 0 Å². The molecule has 3 atom stereocenters. The van der Waals surface area contributed by atoms with Crippen LogP contribution in [0.1, 0.15) is 11.7 Å². The predicted molar refractivity (Wildman–Crippen MR) is 73.9 cm³/mol. The van der Waals surface area contributed by atoms with E-state index in [1.54, 1.807) is 18.2 Å². The first-order valence-corrected chi connectivity index (χ1v) is 7.53. The smallest absolute Gasteiger partial charge is 0.100 e. The van der Waals surface area contributed by atoms with E-state index < -0.39 is 23.4 Å². The molecule has 1 aliphatic heterocycles. The topological polar surface area (TPSA) is 73.4 Å². The first kappa shape index (κ1) is 15.2. The van der Waals surface area contributed by atoms with E-state index >= 15 is 0 Å². The maximum absolute atomic E-state index is 10.8. The number of halogens is 2. The van der Waals surface area contributed by atoms with Crippen LogP contribution in [0.25, 0.3) is 0 Å². The highest BCUT2D eigenvalue weighted by Crippen LogP contribution is 2.29. The molecule has 1 heterocycles. The molecule has 1 aliphatic rings. The quantitative estimate of drug-likeness (QED) is 0.825. The fraction of sp³-hybridized carbons (Fsp3) is 0.455. The summed E-state index contributed by atoms with van der Waals surface area (Å²) in [4.78, 5) is 0. The summed E-state index contributed by atoms with van der Waals surface area (Å²) in [6.07, 6.45) is -0.400. The third kappa shape index (κ3) is 4.13. The van der Waals surface area contributed by atoms with Gasteiger partial charge in [0.25, 0.3) is 0 Å². The van der Waals surface area contributed by atoms with Crippen LogP contribution >= 0.6 is 23.2 Å². The second-order valence-corrected chi connectivity index (χ2v) is 5.65. The molecule has 1 aromatic carbocycles. The molecule has 1 saturated heterocycles. The minimum absolute atomic E-state index is 0.391. The lowest BCUT2D eigenvalue weighted by atomic mass is 10.0. The van der Waals surface area contributed by atoms with Crippen molar-refractivity contribution in [1.29, 1.82) is 0 Å². The van der Waals surface area contributed by atoms with Crippen molar-refractivity contribution in [2.24, 2.45) is 0 Å². The zero-order valence-corrected chi connectivity index (χ0v) is 12.2. The van der Waals surface area contributed by atoms with Crippen LogP contribution in [0.2, 0.25) is 10.0 Å². The number of benzene rings is 1. The largest absolute Gasteiger partial charge is 0.760 e. The number of hydrogen-bond acceptors (Lipinski definition) is 4. The summed E-state index contributed by atoms with van der Waals surface area (Å²) in [5.74, 6) is 0. The minimum atomic E-state index is -2.35. The lowest BCUT2D eigenvalue weighted by Gasteiger charge is -2.27. The van der Waals surface area contributed by atoms with Gasteiger partial charge in [0, 0.05) is 24.4 Å². The number of nitrogens with one attached hydrogen (secondary N) is 2. The summed E-state index contributed by atoms with van der Waals surface area (Å²) in [5, 5.41) is 3.98. The Bertz CT molecular complexity index is 475. The van der Waals surface area contributed by atoms with Gasteiger partial charge in [0.05, 0.1) is 22.7 Å². The molecule has 0 aromatic heterocycles. The van der Waals surface area contributed by atoms with Crippen molar-refractivity contribution in [2.75, 3.05) is 19.7 Å². The van der Waals surface area contributed by atoms with Crippen LogP contribution in [0, 0.1) is 0 Å². The van der Waals surface area contributed by atoms with Gasteiger partial charge in [0.1, 0.15) is 6.10 Å². The van der Waals surface area contributed by atoms with Gasteiger partial charge in [-0.25, -0.2) is 4.72 Å². The SMILES string of the molecule is O=S([O-])NC1CNCCOC1c1ccc(Cl)c(Cl)c1. The van der Waals surface area contributed by atoms with Crippen LogP contribution in [0.5, 0.6) is 0 Å². The van der Waals surface area contributed by atoms with E-state index in [1.807, 2.05) is 0 Å². The van der Waals surface area contributed by atoms with Crippen LogP contribution in [-0.4, -0.2) is 34.5 Å². The summed E-state index contributed by atoms with van der Waals surface area (Å²) in [7, 11) is 0. The summed E-state index contributed by atoms with van der Waals surface area (Å²) < 4.78 is 29.8. The molecule has 0 saturated carbocycles. The lowest BCUT2D eigenvalue weighted by molar-refractivity contribution is 0.0492. The van der Waals surface area contributed by atoms with Crippen LogP contribution in [-0.2, 0) is 16.0 Å². The first-order valence-electron chi connectivity index (χ1n) is 5.70. The van der Waals surface area contributed by atoms with Gasteiger partial charge in [-0.1, -0.05) is 29.3 Å². The molecule has 19 heavy (non-hydrogen) atoms. The molecule has 0 aliphatic carbocycles. The van der Waals surface area contributed by atoms with Crippen molar-refractivity contribution < 1.29 is 13.5 Å². The molecule has 0 bridgehead atoms. The second kappa shape index (κ2) is 6.99. The molecule has 0 spiro atoms. The minimum Gasteiger partial charge on any atom is -0.760 e. The van der Waals surface area contributed by atoms with Gasteiger partial charge in [-0.3, -0.25) is 4.21 Å². The molecule has 106 valence electrons. The van der Waals surface area contributed by atoms with Crippen LogP contribution in [0.4, 0.5) is 0 Å². The number of ether oxygens (including phenoxy) is 1. The molecule has 1 aromatic rings. The molecule has 2 N–H and O–H groups in total. The third-order valence-corrected chi connectivity index (χ3v) is 4.06. The average molecular weight is 324 g/mol. The average Bonchev–Trinajstić information content (AvgIpc) is 2.57. The number of hydrogen-bond donors (Lipinski definition) is 2. The highest BCUT2D eigenvalue weighted by Gasteiger charge is 2.26. The van der Waals surface area contributed by atoms with Crippen molar-refractivity contribution in [1.82, 2.24) is 10.0 Å². The van der Waals surface area contributed by atoms with Crippen molar-refractivity contribution >= 4 is 34.5 Å². The maximum atomic E-state index is 10.8. The van der Waals surface area contributed by atoms with Crippen LogP contribution in [0.3, 0.4) is 0 Å². The van der Waals surface area contributed by atoms with Gasteiger partial charge in [-0.2, -0.15) is 0 Å². The van der Waals surface area contributed by atoms with Crippen LogP contribution < -0.4 is 10.0 Å². The van der Waals surface area contributed by atoms with Gasteiger partial charge in [0.15, 0.2) is 0 Å². The molecule has 8 heteroatoms. The zero-order chi connectivity index (χ0) is 13.8. The van der Waals surface area contributed by atoms with Gasteiger partial charge in [0.2, 0.25) is 0 Å². The molecular weight excluding hydrogens is 311 g/mol. The summed E-state index contributed by atoms with van der Waals surface area (Å²) in [6.45, 7) is 1.65.